The summed E-state index contributed by atoms with van der Waals surface area (Å²) in [5.74, 6) is 1.41. The molecule has 0 spiro atoms. The third-order valence-electron chi connectivity index (χ3n) is 2.90. The molecule has 2 aromatic rings. The van der Waals surface area contributed by atoms with Crippen LogP contribution in [0.25, 0.3) is 0 Å². The fraction of sp³-hybridized carbons (Fsp3) is 0.250. The number of halogens is 1. The summed E-state index contributed by atoms with van der Waals surface area (Å²) in [6.45, 7) is 2.89. The van der Waals surface area contributed by atoms with E-state index in [-0.39, 0.29) is 18.0 Å². The molecule has 124 valence electrons. The Morgan fingerprint density at radius 3 is 2.30 bits per heavy atom. The summed E-state index contributed by atoms with van der Waals surface area (Å²) in [5.41, 5.74) is 0. The fourth-order valence-corrected chi connectivity index (χ4v) is 3.17. The highest BCUT2D eigenvalue weighted by molar-refractivity contribution is 7.89. The highest BCUT2D eigenvalue weighted by atomic mass is 35.5. The second kappa shape index (κ2) is 8.19. The van der Waals surface area contributed by atoms with Crippen molar-refractivity contribution in [2.45, 2.75) is 11.8 Å². The summed E-state index contributed by atoms with van der Waals surface area (Å²) in [5, 5.41) is 0.374. The van der Waals surface area contributed by atoms with Crippen LogP contribution in [0.5, 0.6) is 11.5 Å². The average molecular weight is 356 g/mol. The van der Waals surface area contributed by atoms with Crippen molar-refractivity contribution in [3.63, 3.8) is 0 Å². The highest BCUT2D eigenvalue weighted by Crippen LogP contribution is 2.17. The zero-order chi connectivity index (χ0) is 16.7. The topological polar surface area (TPSA) is 64.6 Å². The lowest BCUT2D eigenvalue weighted by molar-refractivity contribution is 0.319. The van der Waals surface area contributed by atoms with Gasteiger partial charge in [0.05, 0.1) is 11.5 Å². The predicted molar refractivity (Wildman–Crippen MR) is 89.7 cm³/mol. The van der Waals surface area contributed by atoms with Crippen molar-refractivity contribution in [1.29, 1.82) is 0 Å². The van der Waals surface area contributed by atoms with E-state index in [0.717, 1.165) is 5.75 Å². The summed E-state index contributed by atoms with van der Waals surface area (Å²) in [6, 6.07) is 13.2. The monoisotopic (exact) mass is 355 g/mol. The predicted octanol–water partition coefficient (Wildman–Crippen LogP) is 3.10. The van der Waals surface area contributed by atoms with Gasteiger partial charge in [-0.05, 0) is 49.4 Å². The van der Waals surface area contributed by atoms with Gasteiger partial charge in [0.25, 0.3) is 0 Å². The second-order valence-electron chi connectivity index (χ2n) is 4.61. The largest absolute Gasteiger partial charge is 0.494 e. The summed E-state index contributed by atoms with van der Waals surface area (Å²) >= 11 is 5.80. The molecule has 23 heavy (non-hydrogen) atoms. The number of rotatable bonds is 8. The lowest BCUT2D eigenvalue weighted by atomic mass is 10.3. The summed E-state index contributed by atoms with van der Waals surface area (Å²) in [4.78, 5) is 0.131. The molecule has 2 rings (SSSR count). The zero-order valence-corrected chi connectivity index (χ0v) is 14.2. The van der Waals surface area contributed by atoms with Crippen LogP contribution in [0.15, 0.2) is 53.4 Å². The molecule has 0 heterocycles. The van der Waals surface area contributed by atoms with Gasteiger partial charge in [0.1, 0.15) is 18.1 Å². The summed E-state index contributed by atoms with van der Waals surface area (Å²) in [7, 11) is -3.59. The Kier molecular flexibility index (Phi) is 6.27. The first-order chi connectivity index (χ1) is 11.0. The van der Waals surface area contributed by atoms with E-state index < -0.39 is 10.0 Å². The zero-order valence-electron chi connectivity index (χ0n) is 12.7. The lowest BCUT2D eigenvalue weighted by Gasteiger charge is -2.09. The maximum absolute atomic E-state index is 12.1. The Balaban J connectivity index is 1.82. The van der Waals surface area contributed by atoms with E-state index in [1.54, 1.807) is 36.4 Å². The van der Waals surface area contributed by atoms with Gasteiger partial charge in [-0.25, -0.2) is 13.1 Å². The standard InChI is InChI=1S/C16H18ClNO4S/c1-2-21-14-6-8-15(9-7-14)22-11-10-18-23(19,20)16-5-3-4-13(17)12-16/h3-9,12,18H,2,10-11H2,1H3. The third kappa shape index (κ3) is 5.42. The first-order valence-electron chi connectivity index (χ1n) is 7.12. The molecule has 0 atom stereocenters. The van der Waals surface area contributed by atoms with Gasteiger partial charge in [-0.15, -0.1) is 0 Å². The summed E-state index contributed by atoms with van der Waals surface area (Å²) < 4.78 is 37.4. The molecule has 2 aromatic carbocycles. The van der Waals surface area contributed by atoms with Crippen molar-refractivity contribution >= 4 is 21.6 Å². The Hall–Kier alpha value is -1.76. The summed E-state index contributed by atoms with van der Waals surface area (Å²) in [6.07, 6.45) is 0. The van der Waals surface area contributed by atoms with E-state index in [1.165, 1.54) is 12.1 Å². The number of sulfonamides is 1. The van der Waals surface area contributed by atoms with Crippen LogP contribution in [0, 0.1) is 0 Å². The van der Waals surface area contributed by atoms with E-state index in [4.69, 9.17) is 21.1 Å². The fourth-order valence-electron chi connectivity index (χ4n) is 1.86. The first-order valence-corrected chi connectivity index (χ1v) is 8.98. The lowest BCUT2D eigenvalue weighted by Crippen LogP contribution is -2.28. The van der Waals surface area contributed by atoms with E-state index in [0.29, 0.717) is 17.4 Å². The van der Waals surface area contributed by atoms with E-state index >= 15 is 0 Å². The van der Waals surface area contributed by atoms with Gasteiger partial charge in [-0.3, -0.25) is 0 Å². The first kappa shape index (κ1) is 17.6. The molecule has 5 nitrogen and oxygen atoms in total. The molecule has 0 radical (unpaired) electrons. The van der Waals surface area contributed by atoms with Crippen LogP contribution in [0.2, 0.25) is 5.02 Å². The molecule has 0 aliphatic carbocycles. The van der Waals surface area contributed by atoms with E-state index in [1.807, 2.05) is 6.92 Å². The molecule has 0 fully saturated rings. The Morgan fingerprint density at radius 1 is 1.04 bits per heavy atom. The number of nitrogens with one attached hydrogen (secondary N) is 1. The van der Waals surface area contributed by atoms with Crippen molar-refractivity contribution in [2.24, 2.45) is 0 Å². The smallest absolute Gasteiger partial charge is 0.240 e. The van der Waals surface area contributed by atoms with Gasteiger partial charge in [-0.1, -0.05) is 17.7 Å². The number of hydrogen-bond acceptors (Lipinski definition) is 4. The van der Waals surface area contributed by atoms with Crippen molar-refractivity contribution in [1.82, 2.24) is 4.72 Å². The van der Waals surface area contributed by atoms with Gasteiger partial charge in [0, 0.05) is 11.6 Å². The molecule has 0 amide bonds. The Morgan fingerprint density at radius 2 is 1.70 bits per heavy atom. The van der Waals surface area contributed by atoms with Crippen LogP contribution in [-0.4, -0.2) is 28.2 Å². The molecular weight excluding hydrogens is 338 g/mol. The van der Waals surface area contributed by atoms with Crippen molar-refractivity contribution in [3.8, 4) is 11.5 Å². The third-order valence-corrected chi connectivity index (χ3v) is 4.60. The number of hydrogen-bond donors (Lipinski definition) is 1. The van der Waals surface area contributed by atoms with Gasteiger partial charge in [0.2, 0.25) is 10.0 Å². The van der Waals surface area contributed by atoms with Crippen LogP contribution in [-0.2, 0) is 10.0 Å². The molecule has 0 unspecified atom stereocenters. The Bertz CT molecular complexity index is 732. The molecule has 0 aliphatic heterocycles. The highest BCUT2D eigenvalue weighted by Gasteiger charge is 2.13. The van der Waals surface area contributed by atoms with Gasteiger partial charge >= 0.3 is 0 Å². The number of benzene rings is 2. The van der Waals surface area contributed by atoms with Crippen molar-refractivity contribution in [3.05, 3.63) is 53.6 Å². The van der Waals surface area contributed by atoms with Crippen LogP contribution >= 0.6 is 11.6 Å². The van der Waals surface area contributed by atoms with Crippen molar-refractivity contribution < 1.29 is 17.9 Å². The molecule has 7 heteroatoms. The molecular formula is C16H18ClNO4S. The van der Waals surface area contributed by atoms with Gasteiger partial charge in [-0.2, -0.15) is 0 Å². The molecule has 1 N–H and O–H groups in total. The molecule has 0 bridgehead atoms. The van der Waals surface area contributed by atoms with Crippen LogP contribution in [0.3, 0.4) is 0 Å². The maximum Gasteiger partial charge on any atom is 0.240 e. The minimum absolute atomic E-state index is 0.131. The molecule has 0 saturated heterocycles. The van der Waals surface area contributed by atoms with E-state index in [2.05, 4.69) is 4.72 Å². The van der Waals surface area contributed by atoms with Gasteiger partial charge in [0.15, 0.2) is 0 Å². The SMILES string of the molecule is CCOc1ccc(OCCNS(=O)(=O)c2cccc(Cl)c2)cc1. The van der Waals surface area contributed by atoms with Crippen LogP contribution in [0.4, 0.5) is 0 Å². The number of ether oxygens (including phenoxy) is 2. The van der Waals surface area contributed by atoms with Crippen LogP contribution < -0.4 is 14.2 Å². The van der Waals surface area contributed by atoms with Crippen LogP contribution in [0.1, 0.15) is 6.92 Å². The molecule has 0 aliphatic rings. The minimum Gasteiger partial charge on any atom is -0.494 e. The molecule has 0 aromatic heterocycles. The minimum atomic E-state index is -3.59. The Labute approximate surface area is 141 Å². The average Bonchev–Trinajstić information content (AvgIpc) is 2.53. The quantitative estimate of drug-likeness (QED) is 0.739. The maximum atomic E-state index is 12.1. The van der Waals surface area contributed by atoms with Crippen molar-refractivity contribution in [2.75, 3.05) is 19.8 Å². The normalized spacial score (nSPS) is 11.2. The molecule has 0 saturated carbocycles. The van der Waals surface area contributed by atoms with E-state index in [9.17, 15) is 8.42 Å². The second-order valence-corrected chi connectivity index (χ2v) is 6.81. The van der Waals surface area contributed by atoms with Gasteiger partial charge < -0.3 is 9.47 Å².